The quantitative estimate of drug-likeness (QED) is 0.813. The molecule has 2 N–H and O–H groups in total. The van der Waals surface area contributed by atoms with Crippen LogP contribution in [0.1, 0.15) is 6.92 Å². The summed E-state index contributed by atoms with van der Waals surface area (Å²) in [6.45, 7) is 5.39. The van der Waals surface area contributed by atoms with Gasteiger partial charge in [0.15, 0.2) is 6.04 Å². The van der Waals surface area contributed by atoms with Gasteiger partial charge in [0.1, 0.15) is 5.75 Å². The number of rotatable bonds is 5. The Bertz CT molecular complexity index is 702. The van der Waals surface area contributed by atoms with Crippen LogP contribution >= 0.6 is 0 Å². The number of anilines is 2. The van der Waals surface area contributed by atoms with E-state index in [1.165, 1.54) is 4.90 Å². The normalized spacial score (nSPS) is 16.3. The van der Waals surface area contributed by atoms with Gasteiger partial charge >= 0.3 is 0 Å². The number of benzene rings is 1. The number of hydrogen-bond acceptors (Lipinski definition) is 5. The number of ether oxygens (including phenoxy) is 1. The summed E-state index contributed by atoms with van der Waals surface area (Å²) in [5.41, 5.74) is 0.706. The van der Waals surface area contributed by atoms with Gasteiger partial charge in [0.2, 0.25) is 5.95 Å². The molecule has 1 aliphatic rings. The number of para-hydroxylation sites is 2. The van der Waals surface area contributed by atoms with Crippen LogP contribution in [0.5, 0.6) is 5.75 Å². The van der Waals surface area contributed by atoms with Gasteiger partial charge in [-0.2, -0.15) is 0 Å². The third kappa shape index (κ3) is 4.06. The maximum atomic E-state index is 12.6. The van der Waals surface area contributed by atoms with Crippen molar-refractivity contribution in [3.05, 3.63) is 42.7 Å². The fraction of sp³-hybridized carbons (Fsp3) is 0.389. The van der Waals surface area contributed by atoms with Crippen LogP contribution in [0.15, 0.2) is 42.7 Å². The fourth-order valence-corrected chi connectivity index (χ4v) is 3.06. The Labute approximate surface area is 147 Å². The Morgan fingerprint density at radius 1 is 1.20 bits per heavy atom. The molecule has 0 spiro atoms. The van der Waals surface area contributed by atoms with Crippen molar-refractivity contribution >= 4 is 17.5 Å². The van der Waals surface area contributed by atoms with Crippen LogP contribution in [0, 0.1) is 0 Å². The molecule has 7 nitrogen and oxygen atoms in total. The second-order valence-corrected chi connectivity index (χ2v) is 6.11. The summed E-state index contributed by atoms with van der Waals surface area (Å²) in [7, 11) is 1.60. The maximum Gasteiger partial charge on any atom is 0.282 e. The Morgan fingerprint density at radius 2 is 1.88 bits per heavy atom. The molecule has 1 aliphatic heterocycles. The summed E-state index contributed by atoms with van der Waals surface area (Å²) in [4.78, 5) is 24.6. The van der Waals surface area contributed by atoms with Crippen LogP contribution < -0.4 is 19.9 Å². The molecule has 25 heavy (non-hydrogen) atoms. The molecule has 2 heterocycles. The van der Waals surface area contributed by atoms with Crippen LogP contribution in [0.25, 0.3) is 0 Å². The lowest BCUT2D eigenvalue weighted by Gasteiger charge is -2.34. The van der Waals surface area contributed by atoms with Crippen molar-refractivity contribution in [1.82, 2.24) is 9.97 Å². The molecule has 0 saturated carbocycles. The molecule has 0 aliphatic carbocycles. The van der Waals surface area contributed by atoms with Gasteiger partial charge in [-0.05, 0) is 25.1 Å². The summed E-state index contributed by atoms with van der Waals surface area (Å²) >= 11 is 0. The highest BCUT2D eigenvalue weighted by Gasteiger charge is 2.30. The van der Waals surface area contributed by atoms with Crippen molar-refractivity contribution in [3.8, 4) is 5.75 Å². The molecule has 132 valence electrons. The lowest BCUT2D eigenvalue weighted by molar-refractivity contribution is -0.914. The van der Waals surface area contributed by atoms with E-state index < -0.39 is 0 Å². The molecule has 3 rings (SSSR count). The third-order valence-electron chi connectivity index (χ3n) is 4.61. The second kappa shape index (κ2) is 7.94. The number of methoxy groups -OCH3 is 1. The molecule has 1 aromatic carbocycles. The average Bonchev–Trinajstić information content (AvgIpc) is 2.68. The number of nitrogens with zero attached hydrogens (tertiary/aromatic N) is 3. The predicted octanol–water partition coefficient (Wildman–Crippen LogP) is 0.217. The zero-order valence-electron chi connectivity index (χ0n) is 14.6. The van der Waals surface area contributed by atoms with Gasteiger partial charge in [-0.25, -0.2) is 9.97 Å². The topological polar surface area (TPSA) is 71.8 Å². The van der Waals surface area contributed by atoms with E-state index in [2.05, 4.69) is 20.2 Å². The van der Waals surface area contributed by atoms with Gasteiger partial charge < -0.3 is 19.9 Å². The lowest BCUT2D eigenvalue weighted by atomic mass is 10.2. The zero-order chi connectivity index (χ0) is 17.6. The van der Waals surface area contributed by atoms with Crippen molar-refractivity contribution < 1.29 is 14.4 Å². The van der Waals surface area contributed by atoms with Gasteiger partial charge in [-0.1, -0.05) is 12.1 Å². The van der Waals surface area contributed by atoms with Crippen LogP contribution in [-0.4, -0.2) is 55.2 Å². The molecule has 0 unspecified atom stereocenters. The van der Waals surface area contributed by atoms with E-state index >= 15 is 0 Å². The van der Waals surface area contributed by atoms with E-state index in [-0.39, 0.29) is 11.9 Å². The molecule has 1 fully saturated rings. The Morgan fingerprint density at radius 3 is 2.56 bits per heavy atom. The summed E-state index contributed by atoms with van der Waals surface area (Å²) in [6.07, 6.45) is 3.51. The summed E-state index contributed by atoms with van der Waals surface area (Å²) in [6, 6.07) is 9.14. The first-order valence-electron chi connectivity index (χ1n) is 8.49. The van der Waals surface area contributed by atoms with E-state index in [0.717, 1.165) is 32.1 Å². The molecule has 0 radical (unpaired) electrons. The molecule has 7 heteroatoms. The second-order valence-electron chi connectivity index (χ2n) is 6.11. The monoisotopic (exact) mass is 342 g/mol. The number of amides is 1. The van der Waals surface area contributed by atoms with Gasteiger partial charge in [0, 0.05) is 12.4 Å². The van der Waals surface area contributed by atoms with E-state index in [1.54, 1.807) is 19.5 Å². The first kappa shape index (κ1) is 17.2. The highest BCUT2D eigenvalue weighted by molar-refractivity contribution is 5.94. The summed E-state index contributed by atoms with van der Waals surface area (Å²) in [5, 5.41) is 2.98. The molecule has 0 bridgehead atoms. The average molecular weight is 342 g/mol. The maximum absolute atomic E-state index is 12.6. The molecule has 1 aromatic heterocycles. The van der Waals surface area contributed by atoms with E-state index in [4.69, 9.17) is 4.74 Å². The molecule has 2 aromatic rings. The van der Waals surface area contributed by atoms with Crippen molar-refractivity contribution in [2.75, 3.05) is 43.5 Å². The number of piperazine rings is 1. The molecule has 1 amide bonds. The first-order valence-corrected chi connectivity index (χ1v) is 8.49. The third-order valence-corrected chi connectivity index (χ3v) is 4.61. The first-order chi connectivity index (χ1) is 12.2. The van der Waals surface area contributed by atoms with Crippen LogP contribution in [0.4, 0.5) is 11.6 Å². The van der Waals surface area contributed by atoms with Crippen molar-refractivity contribution in [2.45, 2.75) is 13.0 Å². The predicted molar refractivity (Wildman–Crippen MR) is 96.0 cm³/mol. The largest absolute Gasteiger partial charge is 0.495 e. The van der Waals surface area contributed by atoms with Crippen molar-refractivity contribution in [2.24, 2.45) is 0 Å². The molecule has 1 saturated heterocycles. The van der Waals surface area contributed by atoms with Gasteiger partial charge in [-0.15, -0.1) is 0 Å². The SMILES string of the molecule is COc1ccccc1NC(=O)[C@@H](C)[NH+]1CCN(c2ncccn2)CC1. The Kier molecular flexibility index (Phi) is 5.45. The molecular formula is C18H24N5O2+. The van der Waals surface area contributed by atoms with Crippen LogP contribution in [0.2, 0.25) is 0 Å². The fourth-order valence-electron chi connectivity index (χ4n) is 3.06. The standard InChI is InChI=1S/C18H23N5O2/c1-14(17(24)21-15-6-3-4-7-16(15)25-2)22-10-12-23(13-11-22)18-19-8-5-9-20-18/h3-9,14H,10-13H2,1-2H3,(H,21,24)/p+1/t14-/m1/s1. The molecule has 1 atom stereocenters. The number of aromatic nitrogens is 2. The number of hydrogen-bond donors (Lipinski definition) is 2. The summed E-state index contributed by atoms with van der Waals surface area (Å²) in [5.74, 6) is 1.43. The number of carbonyl (C=O) groups excluding carboxylic acids is 1. The van der Waals surface area contributed by atoms with Gasteiger partial charge in [-0.3, -0.25) is 4.79 Å². The highest BCUT2D eigenvalue weighted by atomic mass is 16.5. The Hall–Kier alpha value is -2.67. The smallest absolute Gasteiger partial charge is 0.282 e. The lowest BCUT2D eigenvalue weighted by Crippen LogP contribution is -3.19. The number of quaternary nitrogens is 1. The van der Waals surface area contributed by atoms with E-state index in [9.17, 15) is 4.79 Å². The highest BCUT2D eigenvalue weighted by Crippen LogP contribution is 2.22. The van der Waals surface area contributed by atoms with E-state index in [0.29, 0.717) is 11.4 Å². The summed E-state index contributed by atoms with van der Waals surface area (Å²) < 4.78 is 5.29. The minimum Gasteiger partial charge on any atom is -0.495 e. The minimum absolute atomic E-state index is 0.00362. The van der Waals surface area contributed by atoms with Gasteiger partial charge in [0.25, 0.3) is 5.91 Å². The van der Waals surface area contributed by atoms with Crippen molar-refractivity contribution in [3.63, 3.8) is 0 Å². The minimum atomic E-state index is -0.135. The zero-order valence-corrected chi connectivity index (χ0v) is 14.6. The van der Waals surface area contributed by atoms with Crippen molar-refractivity contribution in [1.29, 1.82) is 0 Å². The van der Waals surface area contributed by atoms with Crippen LogP contribution in [-0.2, 0) is 4.79 Å². The molecular weight excluding hydrogens is 318 g/mol. The Balaban J connectivity index is 1.57. The number of carbonyl (C=O) groups is 1. The number of nitrogens with one attached hydrogen (secondary N) is 2. The van der Waals surface area contributed by atoms with E-state index in [1.807, 2.05) is 37.3 Å². The van der Waals surface area contributed by atoms with Crippen LogP contribution in [0.3, 0.4) is 0 Å². The van der Waals surface area contributed by atoms with Gasteiger partial charge in [0.05, 0.1) is 39.0 Å².